The van der Waals surface area contributed by atoms with Crippen molar-refractivity contribution in [3.8, 4) is 11.5 Å². The van der Waals surface area contributed by atoms with Crippen LogP contribution in [0.25, 0.3) is 0 Å². The second-order valence-corrected chi connectivity index (χ2v) is 8.24. The molecule has 0 saturated heterocycles. The van der Waals surface area contributed by atoms with Crippen molar-refractivity contribution in [3.63, 3.8) is 0 Å². The Bertz CT molecular complexity index is 1190. The number of nitrogens with one attached hydrogen (secondary N) is 2. The SMILES string of the molecule is CCOc1cc(C2Nc3ccccc3NC3=C2C(=O)CC(c2ccccc2)C3)ccc1O. The van der Waals surface area contributed by atoms with Gasteiger partial charge in [-0.05, 0) is 54.7 Å². The van der Waals surface area contributed by atoms with Crippen molar-refractivity contribution in [1.29, 1.82) is 0 Å². The van der Waals surface area contributed by atoms with Crippen LogP contribution in [0.15, 0.2) is 84.1 Å². The monoisotopic (exact) mass is 426 g/mol. The molecule has 5 nitrogen and oxygen atoms in total. The molecule has 1 aliphatic carbocycles. The van der Waals surface area contributed by atoms with E-state index < -0.39 is 0 Å². The lowest BCUT2D eigenvalue weighted by Crippen LogP contribution is -2.26. The smallest absolute Gasteiger partial charge is 0.163 e. The number of allylic oxidation sites excluding steroid dienone is 1. The summed E-state index contributed by atoms with van der Waals surface area (Å²) >= 11 is 0. The van der Waals surface area contributed by atoms with Crippen molar-refractivity contribution >= 4 is 17.2 Å². The molecule has 2 aliphatic rings. The fourth-order valence-electron chi connectivity index (χ4n) is 4.68. The highest BCUT2D eigenvalue weighted by Gasteiger charge is 2.36. The quantitative estimate of drug-likeness (QED) is 0.494. The van der Waals surface area contributed by atoms with Gasteiger partial charge < -0.3 is 20.5 Å². The zero-order valence-electron chi connectivity index (χ0n) is 18.0. The lowest BCUT2D eigenvalue weighted by atomic mass is 9.78. The Morgan fingerprint density at radius 3 is 2.47 bits per heavy atom. The number of hydrogen-bond donors (Lipinski definition) is 3. The molecule has 1 aliphatic heterocycles. The predicted molar refractivity (Wildman–Crippen MR) is 126 cm³/mol. The molecule has 5 rings (SSSR count). The first kappa shape index (κ1) is 20.2. The molecule has 162 valence electrons. The first-order chi connectivity index (χ1) is 15.6. The van der Waals surface area contributed by atoms with Gasteiger partial charge in [0.1, 0.15) is 0 Å². The molecule has 0 amide bonds. The van der Waals surface area contributed by atoms with Crippen molar-refractivity contribution in [2.45, 2.75) is 31.7 Å². The van der Waals surface area contributed by atoms with Gasteiger partial charge in [-0.2, -0.15) is 0 Å². The van der Waals surface area contributed by atoms with Crippen LogP contribution < -0.4 is 15.4 Å². The molecule has 0 aromatic heterocycles. The molecule has 5 heteroatoms. The molecular formula is C27H26N2O3. The van der Waals surface area contributed by atoms with E-state index in [1.54, 1.807) is 6.07 Å². The molecular weight excluding hydrogens is 400 g/mol. The summed E-state index contributed by atoms with van der Waals surface area (Å²) in [6.45, 7) is 2.33. The van der Waals surface area contributed by atoms with Gasteiger partial charge in [0.05, 0.1) is 24.0 Å². The zero-order valence-corrected chi connectivity index (χ0v) is 18.0. The summed E-state index contributed by atoms with van der Waals surface area (Å²) < 4.78 is 5.61. The summed E-state index contributed by atoms with van der Waals surface area (Å²) in [6, 6.07) is 23.2. The number of hydrogen-bond acceptors (Lipinski definition) is 5. The Hall–Kier alpha value is -3.73. The van der Waals surface area contributed by atoms with Crippen molar-refractivity contribution in [2.24, 2.45) is 0 Å². The fraction of sp³-hybridized carbons (Fsp3) is 0.222. The van der Waals surface area contributed by atoms with Gasteiger partial charge in [0.15, 0.2) is 17.3 Å². The molecule has 3 aromatic carbocycles. The predicted octanol–water partition coefficient (Wildman–Crippen LogP) is 5.77. The average Bonchev–Trinajstić information content (AvgIpc) is 2.98. The number of carbonyl (C=O) groups is 1. The van der Waals surface area contributed by atoms with Crippen LogP contribution in [0.1, 0.15) is 42.9 Å². The maximum Gasteiger partial charge on any atom is 0.163 e. The Labute approximate surface area is 187 Å². The van der Waals surface area contributed by atoms with E-state index >= 15 is 0 Å². The third-order valence-corrected chi connectivity index (χ3v) is 6.20. The summed E-state index contributed by atoms with van der Waals surface area (Å²) in [5, 5.41) is 17.3. The van der Waals surface area contributed by atoms with Crippen molar-refractivity contribution in [3.05, 3.63) is 95.2 Å². The maximum absolute atomic E-state index is 13.6. The molecule has 0 radical (unpaired) electrons. The summed E-state index contributed by atoms with van der Waals surface area (Å²) in [5.41, 5.74) is 5.64. The van der Waals surface area contributed by atoms with Gasteiger partial charge in [0, 0.05) is 17.7 Å². The number of ether oxygens (including phenoxy) is 1. The first-order valence-corrected chi connectivity index (χ1v) is 11.0. The minimum atomic E-state index is -0.342. The number of ketones is 1. The molecule has 0 saturated carbocycles. The lowest BCUT2D eigenvalue weighted by Gasteiger charge is -2.30. The number of benzene rings is 3. The highest BCUT2D eigenvalue weighted by atomic mass is 16.5. The zero-order chi connectivity index (χ0) is 22.1. The number of phenolic OH excluding ortho intramolecular Hbond substituents is 1. The standard InChI is InChI=1S/C27H26N2O3/c1-2-32-25-16-18(12-13-23(25)30)27-26-22(28-20-10-6-7-11-21(20)29-27)14-19(15-24(26)31)17-8-4-3-5-9-17/h3-13,16,19,27-30H,2,14-15H2,1H3. The molecule has 3 aromatic rings. The van der Waals surface area contributed by atoms with E-state index in [9.17, 15) is 9.90 Å². The number of fused-ring (bicyclic) bond motifs is 1. The number of para-hydroxylation sites is 2. The van der Waals surface area contributed by atoms with E-state index in [4.69, 9.17) is 4.74 Å². The van der Waals surface area contributed by atoms with Crippen LogP contribution in [-0.2, 0) is 4.79 Å². The number of aromatic hydroxyl groups is 1. The van der Waals surface area contributed by atoms with E-state index in [2.05, 4.69) is 22.8 Å². The Balaban J connectivity index is 1.61. The number of carbonyl (C=O) groups excluding carboxylic acids is 1. The van der Waals surface area contributed by atoms with Gasteiger partial charge >= 0.3 is 0 Å². The summed E-state index contributed by atoms with van der Waals surface area (Å²) in [5.74, 6) is 0.782. The van der Waals surface area contributed by atoms with E-state index in [1.807, 2.05) is 61.5 Å². The lowest BCUT2D eigenvalue weighted by molar-refractivity contribution is -0.116. The molecule has 0 spiro atoms. The minimum Gasteiger partial charge on any atom is -0.504 e. The van der Waals surface area contributed by atoms with Gasteiger partial charge in [-0.1, -0.05) is 48.5 Å². The molecule has 2 unspecified atom stereocenters. The second-order valence-electron chi connectivity index (χ2n) is 8.24. The first-order valence-electron chi connectivity index (χ1n) is 11.0. The van der Waals surface area contributed by atoms with Crippen molar-refractivity contribution in [1.82, 2.24) is 0 Å². The third-order valence-electron chi connectivity index (χ3n) is 6.20. The van der Waals surface area contributed by atoms with Gasteiger partial charge in [-0.15, -0.1) is 0 Å². The van der Waals surface area contributed by atoms with E-state index in [1.165, 1.54) is 5.56 Å². The van der Waals surface area contributed by atoms with Gasteiger partial charge in [-0.25, -0.2) is 0 Å². The molecule has 3 N–H and O–H groups in total. The van der Waals surface area contributed by atoms with Crippen LogP contribution in [0, 0.1) is 0 Å². The molecule has 2 atom stereocenters. The molecule has 0 fully saturated rings. The summed E-state index contributed by atoms with van der Waals surface area (Å²) in [7, 11) is 0. The Morgan fingerprint density at radius 2 is 1.69 bits per heavy atom. The number of anilines is 2. The van der Waals surface area contributed by atoms with E-state index in [-0.39, 0.29) is 23.5 Å². The van der Waals surface area contributed by atoms with Gasteiger partial charge in [0.2, 0.25) is 0 Å². The average molecular weight is 427 g/mol. The van der Waals surface area contributed by atoms with Crippen LogP contribution in [-0.4, -0.2) is 17.5 Å². The van der Waals surface area contributed by atoms with Crippen LogP contribution >= 0.6 is 0 Å². The van der Waals surface area contributed by atoms with Crippen LogP contribution in [0.3, 0.4) is 0 Å². The fourth-order valence-corrected chi connectivity index (χ4v) is 4.68. The number of phenols is 1. The highest BCUT2D eigenvalue weighted by Crippen LogP contribution is 2.45. The van der Waals surface area contributed by atoms with E-state index in [0.717, 1.165) is 34.6 Å². The van der Waals surface area contributed by atoms with Crippen LogP contribution in [0.4, 0.5) is 11.4 Å². The highest BCUT2D eigenvalue weighted by molar-refractivity contribution is 6.01. The maximum atomic E-state index is 13.6. The van der Waals surface area contributed by atoms with E-state index in [0.29, 0.717) is 18.8 Å². The third kappa shape index (κ3) is 3.71. The topological polar surface area (TPSA) is 70.6 Å². The number of rotatable bonds is 4. The van der Waals surface area contributed by atoms with Crippen LogP contribution in [0.5, 0.6) is 11.5 Å². The van der Waals surface area contributed by atoms with Crippen LogP contribution in [0.2, 0.25) is 0 Å². The van der Waals surface area contributed by atoms with Gasteiger partial charge in [-0.3, -0.25) is 4.79 Å². The molecule has 0 bridgehead atoms. The summed E-state index contributed by atoms with van der Waals surface area (Å²) in [6.07, 6.45) is 1.23. The second kappa shape index (κ2) is 8.42. The molecule has 32 heavy (non-hydrogen) atoms. The largest absolute Gasteiger partial charge is 0.504 e. The normalized spacial score (nSPS) is 19.8. The van der Waals surface area contributed by atoms with Crippen molar-refractivity contribution < 1.29 is 14.6 Å². The van der Waals surface area contributed by atoms with Gasteiger partial charge in [0.25, 0.3) is 0 Å². The Kier molecular flexibility index (Phi) is 5.31. The number of Topliss-reactive ketones (excluding diaryl/α,β-unsaturated/α-hetero) is 1. The molecule has 1 heterocycles. The van der Waals surface area contributed by atoms with Crippen molar-refractivity contribution in [2.75, 3.05) is 17.2 Å². The summed E-state index contributed by atoms with van der Waals surface area (Å²) in [4.78, 5) is 13.6. The minimum absolute atomic E-state index is 0.0936. The Morgan fingerprint density at radius 1 is 0.938 bits per heavy atom.